The lowest BCUT2D eigenvalue weighted by molar-refractivity contribution is -0.146. The summed E-state index contributed by atoms with van der Waals surface area (Å²) in [6, 6.07) is 8.56. The molecule has 0 aliphatic heterocycles. The Labute approximate surface area is 122 Å². The zero-order valence-electron chi connectivity index (χ0n) is 11.5. The van der Waals surface area contributed by atoms with Crippen molar-refractivity contribution in [1.29, 1.82) is 0 Å². The van der Waals surface area contributed by atoms with Gasteiger partial charge in [-0.25, -0.2) is 9.97 Å². The van der Waals surface area contributed by atoms with Gasteiger partial charge in [0.25, 0.3) is 5.56 Å². The van der Waals surface area contributed by atoms with Gasteiger partial charge in [-0.05, 0) is 12.5 Å². The molecule has 2 heterocycles. The molecule has 1 N–H and O–H groups in total. The molecule has 3 aromatic rings. The number of hydrogen-bond acceptors (Lipinski definition) is 3. The number of H-pyrrole nitrogens is 1. The first-order chi connectivity index (χ1) is 10.4. The summed E-state index contributed by atoms with van der Waals surface area (Å²) in [6.45, 7) is 1.38. The molecule has 0 bridgehead atoms. The Hall–Kier alpha value is -2.64. The van der Waals surface area contributed by atoms with Crippen LogP contribution in [0.15, 0.2) is 35.1 Å². The summed E-state index contributed by atoms with van der Waals surface area (Å²) in [4.78, 5) is 21.8. The van der Waals surface area contributed by atoms with Gasteiger partial charge < -0.3 is 9.55 Å². The molecule has 0 atom stereocenters. The minimum atomic E-state index is -4.67. The number of imidazole rings is 1. The van der Waals surface area contributed by atoms with Gasteiger partial charge in [0.05, 0.1) is 0 Å². The summed E-state index contributed by atoms with van der Waals surface area (Å²) in [5, 5.41) is 0. The number of benzene rings is 1. The molecule has 0 saturated carbocycles. The van der Waals surface area contributed by atoms with E-state index in [1.807, 2.05) is 0 Å². The van der Waals surface area contributed by atoms with E-state index in [0.29, 0.717) is 5.56 Å². The van der Waals surface area contributed by atoms with Crippen molar-refractivity contribution >= 4 is 11.2 Å². The van der Waals surface area contributed by atoms with Gasteiger partial charge >= 0.3 is 6.18 Å². The molecule has 0 spiro atoms. The quantitative estimate of drug-likeness (QED) is 0.791. The van der Waals surface area contributed by atoms with Crippen LogP contribution in [0.4, 0.5) is 13.2 Å². The van der Waals surface area contributed by atoms with E-state index < -0.39 is 17.6 Å². The van der Waals surface area contributed by atoms with Crippen LogP contribution in [0, 0.1) is 6.92 Å². The molecule has 0 unspecified atom stereocenters. The lowest BCUT2D eigenvalue weighted by Crippen LogP contribution is -2.19. The molecular formula is C14H11F3N4O. The van der Waals surface area contributed by atoms with Crippen LogP contribution >= 0.6 is 0 Å². The second kappa shape index (κ2) is 4.97. The smallest absolute Gasteiger partial charge is 0.310 e. The molecule has 114 valence electrons. The van der Waals surface area contributed by atoms with Crippen LogP contribution in [0.2, 0.25) is 0 Å². The van der Waals surface area contributed by atoms with Crippen LogP contribution in [-0.4, -0.2) is 19.5 Å². The van der Waals surface area contributed by atoms with Crippen molar-refractivity contribution in [1.82, 2.24) is 19.5 Å². The fourth-order valence-corrected chi connectivity index (χ4v) is 2.29. The third-order valence-corrected chi connectivity index (χ3v) is 3.17. The molecule has 0 aliphatic rings. The van der Waals surface area contributed by atoms with Crippen molar-refractivity contribution in [2.75, 3.05) is 0 Å². The number of halogens is 3. The van der Waals surface area contributed by atoms with Crippen molar-refractivity contribution in [3.63, 3.8) is 0 Å². The van der Waals surface area contributed by atoms with Gasteiger partial charge in [-0.15, -0.1) is 0 Å². The summed E-state index contributed by atoms with van der Waals surface area (Å²) in [5.41, 5.74) is -0.389. The number of hydrogen-bond donors (Lipinski definition) is 1. The van der Waals surface area contributed by atoms with E-state index in [2.05, 4.69) is 15.0 Å². The highest BCUT2D eigenvalue weighted by molar-refractivity contribution is 5.70. The minimum Gasteiger partial charge on any atom is -0.310 e. The van der Waals surface area contributed by atoms with E-state index in [0.717, 1.165) is 4.57 Å². The van der Waals surface area contributed by atoms with Crippen LogP contribution in [0.25, 0.3) is 11.2 Å². The third kappa shape index (κ3) is 2.47. The number of aromatic nitrogens is 4. The molecule has 0 saturated heterocycles. The molecule has 22 heavy (non-hydrogen) atoms. The number of nitrogens with zero attached hydrogens (tertiary/aromatic N) is 3. The maximum atomic E-state index is 13.2. The molecule has 0 radical (unpaired) electrons. The van der Waals surface area contributed by atoms with E-state index in [4.69, 9.17) is 0 Å². The molecule has 0 fully saturated rings. The second-order valence-electron chi connectivity index (χ2n) is 4.83. The molecule has 8 heteroatoms. The largest absolute Gasteiger partial charge is 0.449 e. The number of alkyl halides is 3. The maximum absolute atomic E-state index is 13.2. The predicted molar refractivity (Wildman–Crippen MR) is 73.4 cm³/mol. The van der Waals surface area contributed by atoms with E-state index >= 15 is 0 Å². The van der Waals surface area contributed by atoms with Crippen molar-refractivity contribution in [2.45, 2.75) is 19.6 Å². The Morgan fingerprint density at radius 3 is 2.50 bits per heavy atom. The standard InChI is InChI=1S/C14H11F3N4O/c1-8-18-11-10(12(22)19-8)21(13(20-11)14(15,16)17)7-9-5-3-2-4-6-9/h2-6H,7H2,1H3,(H,18,19,22). The normalized spacial score (nSPS) is 12.0. The van der Waals surface area contributed by atoms with Gasteiger partial charge in [0, 0.05) is 6.54 Å². The van der Waals surface area contributed by atoms with Gasteiger partial charge in [-0.3, -0.25) is 4.79 Å². The van der Waals surface area contributed by atoms with Gasteiger partial charge in [0.2, 0.25) is 5.82 Å². The van der Waals surface area contributed by atoms with E-state index in [-0.39, 0.29) is 23.5 Å². The Kier molecular flexibility index (Phi) is 3.23. The summed E-state index contributed by atoms with van der Waals surface area (Å²) >= 11 is 0. The predicted octanol–water partition coefficient (Wildman–Crippen LogP) is 2.50. The summed E-state index contributed by atoms with van der Waals surface area (Å²) in [6.07, 6.45) is -4.67. The molecular weight excluding hydrogens is 297 g/mol. The number of fused-ring (bicyclic) bond motifs is 1. The van der Waals surface area contributed by atoms with Crippen LogP contribution in [0.3, 0.4) is 0 Å². The van der Waals surface area contributed by atoms with E-state index in [1.54, 1.807) is 30.3 Å². The lowest BCUT2D eigenvalue weighted by atomic mass is 10.2. The Morgan fingerprint density at radius 1 is 1.18 bits per heavy atom. The van der Waals surface area contributed by atoms with E-state index in [9.17, 15) is 18.0 Å². The number of aryl methyl sites for hydroxylation is 1. The first kappa shape index (κ1) is 14.3. The number of nitrogens with one attached hydrogen (secondary N) is 1. The summed E-state index contributed by atoms with van der Waals surface area (Å²) in [7, 11) is 0. The zero-order valence-corrected chi connectivity index (χ0v) is 11.5. The maximum Gasteiger partial charge on any atom is 0.449 e. The summed E-state index contributed by atoms with van der Waals surface area (Å²) in [5.74, 6) is -0.912. The van der Waals surface area contributed by atoms with Gasteiger partial charge in [0.1, 0.15) is 5.82 Å². The fraction of sp³-hybridized carbons (Fsp3) is 0.214. The molecule has 1 aromatic carbocycles. The van der Waals surface area contributed by atoms with Crippen molar-refractivity contribution < 1.29 is 13.2 Å². The van der Waals surface area contributed by atoms with Crippen LogP contribution < -0.4 is 5.56 Å². The minimum absolute atomic E-state index is 0.111. The average Bonchev–Trinajstić information content (AvgIpc) is 2.78. The van der Waals surface area contributed by atoms with Crippen molar-refractivity contribution in [2.24, 2.45) is 0 Å². The molecule has 0 aliphatic carbocycles. The van der Waals surface area contributed by atoms with Crippen LogP contribution in [-0.2, 0) is 12.7 Å². The third-order valence-electron chi connectivity index (χ3n) is 3.17. The lowest BCUT2D eigenvalue weighted by Gasteiger charge is -2.10. The van der Waals surface area contributed by atoms with Gasteiger partial charge in [0.15, 0.2) is 11.2 Å². The summed E-state index contributed by atoms with van der Waals surface area (Å²) < 4.78 is 40.5. The number of rotatable bonds is 2. The van der Waals surface area contributed by atoms with E-state index in [1.165, 1.54) is 6.92 Å². The molecule has 0 amide bonds. The molecule has 5 nitrogen and oxygen atoms in total. The van der Waals surface area contributed by atoms with Crippen LogP contribution in [0.1, 0.15) is 17.2 Å². The zero-order chi connectivity index (χ0) is 15.9. The Bertz CT molecular complexity index is 881. The Morgan fingerprint density at radius 2 is 1.86 bits per heavy atom. The van der Waals surface area contributed by atoms with Gasteiger partial charge in [-0.2, -0.15) is 13.2 Å². The SMILES string of the molecule is Cc1nc2nc(C(F)(F)F)n(Cc3ccccc3)c2c(=O)[nH]1. The highest BCUT2D eigenvalue weighted by Gasteiger charge is 2.38. The number of aromatic amines is 1. The fourth-order valence-electron chi connectivity index (χ4n) is 2.29. The topological polar surface area (TPSA) is 63.6 Å². The Balaban J connectivity index is 2.28. The van der Waals surface area contributed by atoms with Crippen molar-refractivity contribution in [3.05, 3.63) is 57.9 Å². The average molecular weight is 308 g/mol. The second-order valence-corrected chi connectivity index (χ2v) is 4.83. The molecule has 2 aromatic heterocycles. The molecule has 3 rings (SSSR count). The van der Waals surface area contributed by atoms with Gasteiger partial charge in [-0.1, -0.05) is 30.3 Å². The monoisotopic (exact) mass is 308 g/mol. The first-order valence-electron chi connectivity index (χ1n) is 6.44. The van der Waals surface area contributed by atoms with Crippen LogP contribution in [0.5, 0.6) is 0 Å². The highest BCUT2D eigenvalue weighted by atomic mass is 19.4. The van der Waals surface area contributed by atoms with Crippen molar-refractivity contribution in [3.8, 4) is 0 Å². The highest BCUT2D eigenvalue weighted by Crippen LogP contribution is 2.30. The first-order valence-corrected chi connectivity index (χ1v) is 6.44.